The first kappa shape index (κ1) is 18.2. The SMILES string of the molecule is C=CCO/N=C\[C@@H]1[C@@H](C(=O)O[C@H]2CC(=O)C(CC=C)=C2C)C1(C)C. The van der Waals surface area contributed by atoms with Crippen LogP contribution in [-0.2, 0) is 19.2 Å². The molecule has 0 amide bonds. The molecule has 5 heteroatoms. The molecule has 3 atom stereocenters. The summed E-state index contributed by atoms with van der Waals surface area (Å²) in [6.07, 6.45) is 5.25. The van der Waals surface area contributed by atoms with Crippen molar-refractivity contribution in [3.63, 3.8) is 0 Å². The molecule has 0 radical (unpaired) electrons. The Kier molecular flexibility index (Phi) is 5.42. The molecule has 0 aliphatic heterocycles. The standard InChI is InChI=1S/C19H25NO4/c1-6-8-13-12(3)16(10-15(13)21)24-18(22)17-14(19(17,4)5)11-20-23-9-7-2/h6-7,11,14,16-17H,1-2,8-10H2,3-5H3/b20-11-/t14-,16+,17+/m1/s1. The summed E-state index contributed by atoms with van der Waals surface area (Å²) in [6, 6.07) is 0. The zero-order valence-electron chi connectivity index (χ0n) is 14.6. The quantitative estimate of drug-likeness (QED) is 0.225. The number of allylic oxidation sites excluding steroid dienone is 2. The molecule has 2 aliphatic rings. The van der Waals surface area contributed by atoms with E-state index in [9.17, 15) is 9.59 Å². The Morgan fingerprint density at radius 1 is 1.38 bits per heavy atom. The third kappa shape index (κ3) is 3.50. The number of esters is 1. The van der Waals surface area contributed by atoms with Gasteiger partial charge in [0.05, 0.1) is 12.3 Å². The van der Waals surface area contributed by atoms with Crippen LogP contribution in [0.3, 0.4) is 0 Å². The van der Waals surface area contributed by atoms with Gasteiger partial charge in [-0.05, 0) is 24.3 Å². The number of Topliss-reactive ketones (excluding diaryl/α,β-unsaturated/α-hetero) is 1. The van der Waals surface area contributed by atoms with Crippen LogP contribution in [0.2, 0.25) is 0 Å². The average Bonchev–Trinajstić information content (AvgIpc) is 2.98. The monoisotopic (exact) mass is 331 g/mol. The van der Waals surface area contributed by atoms with E-state index >= 15 is 0 Å². The largest absolute Gasteiger partial charge is 0.457 e. The minimum absolute atomic E-state index is 0.0242. The van der Waals surface area contributed by atoms with Crippen molar-refractivity contribution in [3.05, 3.63) is 36.5 Å². The fourth-order valence-corrected chi connectivity index (χ4v) is 3.23. The second-order valence-corrected chi connectivity index (χ2v) is 6.87. The first-order valence-electron chi connectivity index (χ1n) is 8.15. The molecule has 0 spiro atoms. The van der Waals surface area contributed by atoms with E-state index in [-0.39, 0.29) is 35.4 Å². The van der Waals surface area contributed by atoms with Crippen molar-refractivity contribution in [2.75, 3.05) is 6.61 Å². The molecule has 0 unspecified atom stereocenters. The van der Waals surface area contributed by atoms with Gasteiger partial charge in [-0.3, -0.25) is 9.59 Å². The van der Waals surface area contributed by atoms with E-state index in [0.717, 1.165) is 5.57 Å². The molecular weight excluding hydrogens is 306 g/mol. The summed E-state index contributed by atoms with van der Waals surface area (Å²) in [5, 5.41) is 3.87. The van der Waals surface area contributed by atoms with E-state index in [0.29, 0.717) is 18.6 Å². The second kappa shape index (κ2) is 7.16. The van der Waals surface area contributed by atoms with Crippen molar-refractivity contribution in [1.29, 1.82) is 0 Å². The Bertz CT molecular complexity index is 615. The fourth-order valence-electron chi connectivity index (χ4n) is 3.23. The maximum absolute atomic E-state index is 12.5. The first-order chi connectivity index (χ1) is 11.3. The predicted octanol–water partition coefficient (Wildman–Crippen LogP) is 3.22. The van der Waals surface area contributed by atoms with Crippen LogP contribution in [0, 0.1) is 17.3 Å². The van der Waals surface area contributed by atoms with Crippen LogP contribution in [0.25, 0.3) is 0 Å². The highest BCUT2D eigenvalue weighted by molar-refractivity contribution is 6.00. The number of hydrogen-bond donors (Lipinski definition) is 0. The topological polar surface area (TPSA) is 65.0 Å². The van der Waals surface area contributed by atoms with Crippen LogP contribution in [0.5, 0.6) is 0 Å². The molecule has 2 aliphatic carbocycles. The zero-order valence-corrected chi connectivity index (χ0v) is 14.6. The van der Waals surface area contributed by atoms with Crippen LogP contribution in [0.1, 0.15) is 33.6 Å². The lowest BCUT2D eigenvalue weighted by Crippen LogP contribution is -2.20. The number of rotatable bonds is 8. The number of ketones is 1. The molecule has 0 bridgehead atoms. The second-order valence-electron chi connectivity index (χ2n) is 6.87. The highest BCUT2D eigenvalue weighted by Crippen LogP contribution is 2.58. The van der Waals surface area contributed by atoms with E-state index in [1.54, 1.807) is 18.4 Å². The van der Waals surface area contributed by atoms with E-state index in [1.807, 2.05) is 20.8 Å². The average molecular weight is 331 g/mol. The zero-order chi connectivity index (χ0) is 17.9. The minimum atomic E-state index is -0.453. The van der Waals surface area contributed by atoms with Gasteiger partial charge in [0, 0.05) is 17.7 Å². The molecule has 0 N–H and O–H groups in total. The van der Waals surface area contributed by atoms with Crippen molar-refractivity contribution >= 4 is 18.0 Å². The van der Waals surface area contributed by atoms with Gasteiger partial charge in [-0.25, -0.2) is 0 Å². The van der Waals surface area contributed by atoms with Crippen molar-refractivity contribution < 1.29 is 19.2 Å². The molecule has 0 heterocycles. The van der Waals surface area contributed by atoms with Gasteiger partial charge >= 0.3 is 5.97 Å². The normalized spacial score (nSPS) is 28.1. The molecule has 130 valence electrons. The Morgan fingerprint density at radius 2 is 2.08 bits per heavy atom. The van der Waals surface area contributed by atoms with E-state index in [2.05, 4.69) is 18.3 Å². The van der Waals surface area contributed by atoms with Crippen molar-refractivity contribution in [3.8, 4) is 0 Å². The molecule has 24 heavy (non-hydrogen) atoms. The third-order valence-corrected chi connectivity index (χ3v) is 4.93. The third-order valence-electron chi connectivity index (χ3n) is 4.93. The minimum Gasteiger partial charge on any atom is -0.457 e. The lowest BCUT2D eigenvalue weighted by molar-refractivity contribution is -0.150. The summed E-state index contributed by atoms with van der Waals surface area (Å²) in [5.74, 6) is -0.530. The predicted molar refractivity (Wildman–Crippen MR) is 92.4 cm³/mol. The summed E-state index contributed by atoms with van der Waals surface area (Å²) in [6.45, 7) is 13.4. The molecule has 1 fully saturated rings. The number of ether oxygens (including phenoxy) is 1. The Labute approximate surface area is 143 Å². The van der Waals surface area contributed by atoms with Gasteiger partial charge in [0.2, 0.25) is 0 Å². The number of carbonyl (C=O) groups is 2. The van der Waals surface area contributed by atoms with Gasteiger partial charge in [-0.1, -0.05) is 37.7 Å². The smallest absolute Gasteiger partial charge is 0.310 e. The summed E-state index contributed by atoms with van der Waals surface area (Å²) in [7, 11) is 0. The van der Waals surface area contributed by atoms with Gasteiger partial charge in [0.15, 0.2) is 5.78 Å². The van der Waals surface area contributed by atoms with Crippen LogP contribution < -0.4 is 0 Å². The summed E-state index contributed by atoms with van der Waals surface area (Å²) < 4.78 is 5.62. The van der Waals surface area contributed by atoms with Crippen molar-refractivity contribution in [1.82, 2.24) is 0 Å². The fraction of sp³-hybridized carbons (Fsp3) is 0.526. The Morgan fingerprint density at radius 3 is 2.71 bits per heavy atom. The van der Waals surface area contributed by atoms with Gasteiger partial charge < -0.3 is 9.57 Å². The van der Waals surface area contributed by atoms with E-state index in [4.69, 9.17) is 9.57 Å². The van der Waals surface area contributed by atoms with Crippen LogP contribution >= 0.6 is 0 Å². The summed E-state index contributed by atoms with van der Waals surface area (Å²) in [4.78, 5) is 29.5. The maximum atomic E-state index is 12.5. The summed E-state index contributed by atoms with van der Waals surface area (Å²) in [5.41, 5.74) is 1.34. The van der Waals surface area contributed by atoms with Crippen LogP contribution in [0.15, 0.2) is 41.6 Å². The van der Waals surface area contributed by atoms with Gasteiger partial charge in [0.25, 0.3) is 0 Å². The van der Waals surface area contributed by atoms with Crippen molar-refractivity contribution in [2.45, 2.75) is 39.7 Å². The van der Waals surface area contributed by atoms with E-state index < -0.39 is 6.10 Å². The highest BCUT2D eigenvalue weighted by Gasteiger charge is 2.62. The number of hydrogen-bond acceptors (Lipinski definition) is 5. The van der Waals surface area contributed by atoms with Gasteiger partial charge in [-0.15, -0.1) is 6.58 Å². The molecule has 0 aromatic rings. The molecule has 1 saturated carbocycles. The molecular formula is C19H25NO4. The van der Waals surface area contributed by atoms with E-state index in [1.165, 1.54) is 0 Å². The lowest BCUT2D eigenvalue weighted by Gasteiger charge is -2.13. The molecule has 5 nitrogen and oxygen atoms in total. The van der Waals surface area contributed by atoms with Crippen LogP contribution in [-0.4, -0.2) is 30.7 Å². The van der Waals surface area contributed by atoms with Gasteiger partial charge in [-0.2, -0.15) is 0 Å². The summed E-state index contributed by atoms with van der Waals surface area (Å²) >= 11 is 0. The molecule has 0 saturated heterocycles. The highest BCUT2D eigenvalue weighted by atomic mass is 16.6. The number of carbonyl (C=O) groups excluding carboxylic acids is 2. The number of oxime groups is 1. The van der Waals surface area contributed by atoms with Gasteiger partial charge in [0.1, 0.15) is 12.7 Å². The van der Waals surface area contributed by atoms with Crippen molar-refractivity contribution in [2.24, 2.45) is 22.4 Å². The first-order valence-corrected chi connectivity index (χ1v) is 8.15. The molecule has 2 rings (SSSR count). The number of nitrogens with zero attached hydrogens (tertiary/aromatic N) is 1. The molecule has 0 aromatic heterocycles. The Balaban J connectivity index is 1.98. The lowest BCUT2D eigenvalue weighted by atomic mass is 10.1. The maximum Gasteiger partial charge on any atom is 0.310 e. The van der Waals surface area contributed by atoms with Crippen LogP contribution in [0.4, 0.5) is 0 Å². The Hall–Kier alpha value is -2.17. The molecule has 0 aromatic carbocycles.